The molecule has 0 atom stereocenters. The summed E-state index contributed by atoms with van der Waals surface area (Å²) in [5.74, 6) is 0.957. The number of thiazole rings is 1. The van der Waals surface area contributed by atoms with Crippen LogP contribution in [0.4, 0.5) is 5.69 Å². The Morgan fingerprint density at radius 1 is 1.38 bits per heavy atom. The molecule has 1 aromatic heterocycles. The molecular formula is C18H25IN4S. The van der Waals surface area contributed by atoms with Crippen molar-refractivity contribution in [1.29, 1.82) is 0 Å². The molecule has 2 aromatic rings. The Bertz CT molecular complexity index is 711. The lowest BCUT2D eigenvalue weighted by molar-refractivity contribution is 0.826. The second-order valence-corrected chi connectivity index (χ2v) is 7.01. The van der Waals surface area contributed by atoms with Crippen LogP contribution in [0.2, 0.25) is 0 Å². The summed E-state index contributed by atoms with van der Waals surface area (Å²) in [5, 5.41) is 4.70. The molecule has 0 saturated carbocycles. The van der Waals surface area contributed by atoms with Gasteiger partial charge < -0.3 is 10.2 Å². The number of nitrogens with zero attached hydrogens (tertiary/aromatic N) is 3. The van der Waals surface area contributed by atoms with Crippen molar-refractivity contribution in [3.63, 3.8) is 0 Å². The Morgan fingerprint density at radius 2 is 2.17 bits per heavy atom. The maximum atomic E-state index is 4.71. The fraction of sp³-hybridized carbons (Fsp3) is 0.444. The number of nitrogens with one attached hydrogen (secondary N) is 1. The number of hydrogen-bond donors (Lipinski definition) is 1. The van der Waals surface area contributed by atoms with Crippen LogP contribution in [0.1, 0.15) is 28.1 Å². The van der Waals surface area contributed by atoms with Crippen LogP contribution in [0.25, 0.3) is 0 Å². The zero-order valence-corrected chi connectivity index (χ0v) is 17.6. The van der Waals surface area contributed by atoms with E-state index in [0.29, 0.717) is 0 Å². The Kier molecular flexibility index (Phi) is 7.03. The van der Waals surface area contributed by atoms with Crippen molar-refractivity contribution in [2.75, 3.05) is 25.0 Å². The van der Waals surface area contributed by atoms with Gasteiger partial charge in [0.1, 0.15) is 0 Å². The summed E-state index contributed by atoms with van der Waals surface area (Å²) in [5.41, 5.74) is 3.92. The Hall–Kier alpha value is -1.15. The number of fused-ring (bicyclic) bond motifs is 1. The van der Waals surface area contributed by atoms with Crippen molar-refractivity contribution in [1.82, 2.24) is 10.3 Å². The number of aromatic nitrogens is 1. The number of aliphatic imine (C=N–C) groups is 1. The third-order valence-corrected chi connectivity index (χ3v) is 5.32. The van der Waals surface area contributed by atoms with E-state index in [0.717, 1.165) is 38.3 Å². The number of aryl methyl sites for hydroxylation is 2. The van der Waals surface area contributed by atoms with Crippen molar-refractivity contribution in [3.05, 3.63) is 45.4 Å². The first kappa shape index (κ1) is 19.2. The monoisotopic (exact) mass is 456 g/mol. The van der Waals surface area contributed by atoms with E-state index < -0.39 is 0 Å². The first-order valence-corrected chi connectivity index (χ1v) is 9.05. The van der Waals surface area contributed by atoms with E-state index in [4.69, 9.17) is 4.98 Å². The maximum absolute atomic E-state index is 4.71. The van der Waals surface area contributed by atoms with Crippen LogP contribution in [0.15, 0.2) is 29.3 Å². The van der Waals surface area contributed by atoms with Gasteiger partial charge >= 0.3 is 0 Å². The van der Waals surface area contributed by atoms with Gasteiger partial charge in [-0.25, -0.2) is 4.98 Å². The zero-order chi connectivity index (χ0) is 16.2. The minimum atomic E-state index is 0. The molecule has 1 aromatic carbocycles. The molecule has 3 rings (SSSR count). The molecule has 2 heterocycles. The fourth-order valence-corrected chi connectivity index (χ4v) is 4.08. The van der Waals surface area contributed by atoms with Gasteiger partial charge in [0.15, 0.2) is 5.96 Å². The number of halogens is 1. The van der Waals surface area contributed by atoms with Crippen LogP contribution in [0.3, 0.4) is 0 Å². The molecule has 0 fully saturated rings. The van der Waals surface area contributed by atoms with Crippen LogP contribution in [0.5, 0.6) is 0 Å². The van der Waals surface area contributed by atoms with Gasteiger partial charge in [-0.1, -0.05) is 25.1 Å². The van der Waals surface area contributed by atoms with Gasteiger partial charge in [-0.2, -0.15) is 0 Å². The Balaban J connectivity index is 0.00000208. The number of para-hydroxylation sites is 1. The largest absolute Gasteiger partial charge is 0.356 e. The Labute approximate surface area is 165 Å². The number of hydrogen-bond acceptors (Lipinski definition) is 3. The standard InChI is InChI=1S/C18H24N4S.HI/c1-4-15-13(2)23-17(21-15)9-11-20-18(19-3)22-12-10-14-7-5-6-8-16(14)22;/h5-8H,4,9-12H2,1-3H3,(H,19,20);1H. The highest BCUT2D eigenvalue weighted by Crippen LogP contribution is 2.27. The average Bonchev–Trinajstić information content (AvgIpc) is 3.15. The fourth-order valence-electron chi connectivity index (χ4n) is 3.06. The first-order chi connectivity index (χ1) is 11.2. The Morgan fingerprint density at radius 3 is 2.88 bits per heavy atom. The smallest absolute Gasteiger partial charge is 0.198 e. The van der Waals surface area contributed by atoms with E-state index in [1.807, 2.05) is 18.4 Å². The third-order valence-electron chi connectivity index (χ3n) is 4.25. The number of rotatable bonds is 4. The van der Waals surface area contributed by atoms with E-state index in [9.17, 15) is 0 Å². The molecule has 0 aliphatic carbocycles. The number of benzene rings is 1. The maximum Gasteiger partial charge on any atom is 0.198 e. The normalized spacial score (nSPS) is 13.6. The quantitative estimate of drug-likeness (QED) is 0.432. The van der Waals surface area contributed by atoms with Crippen LogP contribution >= 0.6 is 35.3 Å². The molecule has 0 unspecified atom stereocenters. The summed E-state index contributed by atoms with van der Waals surface area (Å²) in [6, 6.07) is 8.57. The molecule has 0 spiro atoms. The van der Waals surface area contributed by atoms with Gasteiger partial charge in [0.05, 0.1) is 10.7 Å². The third kappa shape index (κ3) is 4.08. The molecule has 0 amide bonds. The lowest BCUT2D eigenvalue weighted by Crippen LogP contribution is -2.41. The average molecular weight is 456 g/mol. The molecule has 0 saturated heterocycles. The van der Waals surface area contributed by atoms with E-state index in [1.165, 1.54) is 26.8 Å². The van der Waals surface area contributed by atoms with Crippen molar-refractivity contribution >= 4 is 47.0 Å². The molecule has 24 heavy (non-hydrogen) atoms. The van der Waals surface area contributed by atoms with Crippen molar-refractivity contribution < 1.29 is 0 Å². The minimum Gasteiger partial charge on any atom is -0.356 e. The van der Waals surface area contributed by atoms with E-state index in [2.05, 4.69) is 53.3 Å². The molecule has 6 heteroatoms. The lowest BCUT2D eigenvalue weighted by atomic mass is 10.2. The highest BCUT2D eigenvalue weighted by Gasteiger charge is 2.22. The predicted molar refractivity (Wildman–Crippen MR) is 114 cm³/mol. The molecule has 0 bridgehead atoms. The van der Waals surface area contributed by atoms with Crippen molar-refractivity contribution in [2.24, 2.45) is 4.99 Å². The van der Waals surface area contributed by atoms with Crippen LogP contribution in [-0.2, 0) is 19.3 Å². The summed E-state index contributed by atoms with van der Waals surface area (Å²) in [6.07, 6.45) is 3.05. The molecule has 130 valence electrons. The molecule has 1 aliphatic heterocycles. The van der Waals surface area contributed by atoms with Crippen LogP contribution in [0, 0.1) is 6.92 Å². The van der Waals surface area contributed by atoms with Crippen LogP contribution in [-0.4, -0.2) is 31.1 Å². The SMILES string of the molecule is CCc1nc(CCNC(=NC)N2CCc3ccccc32)sc1C.I. The van der Waals surface area contributed by atoms with E-state index >= 15 is 0 Å². The molecule has 1 N–H and O–H groups in total. The molecule has 1 aliphatic rings. The summed E-state index contributed by atoms with van der Waals surface area (Å²) >= 11 is 1.81. The second kappa shape index (κ2) is 8.80. The number of guanidine groups is 1. The number of anilines is 1. The first-order valence-electron chi connectivity index (χ1n) is 8.24. The summed E-state index contributed by atoms with van der Waals surface area (Å²) in [6.45, 7) is 6.18. The van der Waals surface area contributed by atoms with Gasteiger partial charge in [0.2, 0.25) is 0 Å². The van der Waals surface area contributed by atoms with Gasteiger partial charge in [-0.15, -0.1) is 35.3 Å². The summed E-state index contributed by atoms with van der Waals surface area (Å²) in [4.78, 5) is 12.8. The summed E-state index contributed by atoms with van der Waals surface area (Å²) in [7, 11) is 1.85. The van der Waals surface area contributed by atoms with Crippen LogP contribution < -0.4 is 10.2 Å². The molecular weight excluding hydrogens is 431 g/mol. The second-order valence-electron chi connectivity index (χ2n) is 5.72. The zero-order valence-electron chi connectivity index (χ0n) is 14.5. The minimum absolute atomic E-state index is 0. The van der Waals surface area contributed by atoms with E-state index in [1.54, 1.807) is 0 Å². The van der Waals surface area contributed by atoms with Crippen molar-refractivity contribution in [2.45, 2.75) is 33.1 Å². The van der Waals surface area contributed by atoms with Gasteiger partial charge in [0.25, 0.3) is 0 Å². The highest BCUT2D eigenvalue weighted by molar-refractivity contribution is 14.0. The van der Waals surface area contributed by atoms with Gasteiger partial charge in [-0.3, -0.25) is 4.99 Å². The highest BCUT2D eigenvalue weighted by atomic mass is 127. The molecule has 4 nitrogen and oxygen atoms in total. The van der Waals surface area contributed by atoms with Gasteiger partial charge in [0, 0.05) is 37.1 Å². The van der Waals surface area contributed by atoms with Crippen molar-refractivity contribution in [3.8, 4) is 0 Å². The molecule has 0 radical (unpaired) electrons. The van der Waals surface area contributed by atoms with Gasteiger partial charge in [-0.05, 0) is 31.4 Å². The predicted octanol–water partition coefficient (Wildman–Crippen LogP) is 3.81. The summed E-state index contributed by atoms with van der Waals surface area (Å²) < 4.78 is 0. The topological polar surface area (TPSA) is 40.5 Å². The van der Waals surface area contributed by atoms with E-state index in [-0.39, 0.29) is 24.0 Å². The lowest BCUT2D eigenvalue weighted by Gasteiger charge is -2.22.